The van der Waals surface area contributed by atoms with Crippen LogP contribution in [0.3, 0.4) is 0 Å². The number of anilines is 2. The van der Waals surface area contributed by atoms with E-state index in [1.54, 1.807) is 37.3 Å². The van der Waals surface area contributed by atoms with E-state index in [2.05, 4.69) is 5.32 Å². The summed E-state index contributed by atoms with van der Waals surface area (Å²) in [6.45, 7) is 6.33. The topological polar surface area (TPSA) is 84.9 Å². The van der Waals surface area contributed by atoms with Gasteiger partial charge in [0.15, 0.2) is 11.5 Å². The van der Waals surface area contributed by atoms with Crippen LogP contribution in [0.25, 0.3) is 0 Å². The minimum absolute atomic E-state index is 0.440. The molecule has 0 unspecified atom stereocenters. The Morgan fingerprint density at radius 2 is 1.71 bits per heavy atom. The summed E-state index contributed by atoms with van der Waals surface area (Å²) in [6.07, 6.45) is 1.09. The maximum Gasteiger partial charge on any atom is 0.247 e. The van der Waals surface area contributed by atoms with Crippen LogP contribution in [0.4, 0.5) is 11.4 Å². The average Bonchev–Trinajstić information content (AvgIpc) is 2.63. The molecule has 0 radical (unpaired) electrons. The quantitative estimate of drug-likeness (QED) is 0.828. The number of hydrogen-bond acceptors (Lipinski definition) is 5. The Morgan fingerprint density at radius 1 is 1.04 bits per heavy atom. The summed E-state index contributed by atoms with van der Waals surface area (Å²) in [5, 5.41) is 2.76. The summed E-state index contributed by atoms with van der Waals surface area (Å²) in [5.74, 6) is 0.719. The minimum atomic E-state index is -3.67. The van der Waals surface area contributed by atoms with Crippen LogP contribution in [-0.4, -0.2) is 39.8 Å². The normalized spacial score (nSPS) is 14.3. The van der Waals surface area contributed by atoms with Crippen molar-refractivity contribution in [3.63, 3.8) is 0 Å². The van der Waals surface area contributed by atoms with Crippen molar-refractivity contribution in [2.24, 2.45) is 0 Å². The summed E-state index contributed by atoms with van der Waals surface area (Å²) >= 11 is 0. The Hall–Kier alpha value is -2.74. The lowest BCUT2D eigenvalue weighted by Gasteiger charge is -2.29. The first-order valence-corrected chi connectivity index (χ1v) is 10.8. The fourth-order valence-electron chi connectivity index (χ4n) is 3.04. The van der Waals surface area contributed by atoms with Crippen molar-refractivity contribution in [3.05, 3.63) is 47.5 Å². The Bertz CT molecular complexity index is 1000. The summed E-state index contributed by atoms with van der Waals surface area (Å²) in [6, 6.07) is 9.45. The average molecular weight is 404 g/mol. The van der Waals surface area contributed by atoms with Gasteiger partial charge in [-0.15, -0.1) is 0 Å². The lowest BCUT2D eigenvalue weighted by Crippen LogP contribution is -2.45. The van der Waals surface area contributed by atoms with Gasteiger partial charge in [0.1, 0.15) is 19.3 Å². The van der Waals surface area contributed by atoms with E-state index in [0.717, 1.165) is 21.7 Å². The van der Waals surface area contributed by atoms with E-state index < -0.39 is 22.0 Å². The van der Waals surface area contributed by atoms with E-state index in [4.69, 9.17) is 9.47 Å². The number of nitrogens with zero attached hydrogens (tertiary/aromatic N) is 1. The maximum atomic E-state index is 12.8. The molecule has 150 valence electrons. The molecule has 8 heteroatoms. The van der Waals surface area contributed by atoms with Gasteiger partial charge >= 0.3 is 0 Å². The molecule has 1 atom stereocenters. The number of nitrogens with one attached hydrogen (secondary N) is 1. The molecule has 0 aliphatic carbocycles. The number of sulfonamides is 1. The van der Waals surface area contributed by atoms with Crippen molar-refractivity contribution < 1.29 is 22.7 Å². The number of rotatable bonds is 5. The van der Waals surface area contributed by atoms with Gasteiger partial charge in [-0.3, -0.25) is 9.10 Å². The smallest absolute Gasteiger partial charge is 0.247 e. The maximum absolute atomic E-state index is 12.8. The molecule has 3 rings (SSSR count). The Balaban J connectivity index is 1.85. The van der Waals surface area contributed by atoms with Gasteiger partial charge in [0.05, 0.1) is 11.9 Å². The molecule has 1 aliphatic heterocycles. The first-order valence-electron chi connectivity index (χ1n) is 8.94. The molecule has 0 bridgehead atoms. The van der Waals surface area contributed by atoms with Crippen LogP contribution in [0.2, 0.25) is 0 Å². The van der Waals surface area contributed by atoms with Gasteiger partial charge in [0.25, 0.3) is 0 Å². The molecule has 0 aromatic heterocycles. The van der Waals surface area contributed by atoms with E-state index in [0.29, 0.717) is 36.1 Å². The highest BCUT2D eigenvalue weighted by atomic mass is 32.2. The largest absolute Gasteiger partial charge is 0.486 e. The van der Waals surface area contributed by atoms with E-state index >= 15 is 0 Å². The number of hydrogen-bond donors (Lipinski definition) is 1. The zero-order chi connectivity index (χ0) is 20.5. The first kappa shape index (κ1) is 20.0. The van der Waals surface area contributed by atoms with Gasteiger partial charge in [0, 0.05) is 11.8 Å². The summed E-state index contributed by atoms with van der Waals surface area (Å²) in [5.41, 5.74) is 2.96. The predicted molar refractivity (Wildman–Crippen MR) is 109 cm³/mol. The lowest BCUT2D eigenvalue weighted by atomic mass is 10.1. The molecule has 0 fully saturated rings. The standard InChI is InChI=1S/C20H24N2O5S/c1-13-5-7-17(11-14(13)2)22(28(4,24)25)15(3)20(23)21-16-6-8-18-19(12-16)27-10-9-26-18/h5-8,11-12,15H,9-10H2,1-4H3,(H,21,23)/t15-/m0/s1. The fourth-order valence-corrected chi connectivity index (χ4v) is 4.21. The third kappa shape index (κ3) is 4.22. The highest BCUT2D eigenvalue weighted by Crippen LogP contribution is 2.33. The van der Waals surface area contributed by atoms with Crippen molar-refractivity contribution in [1.29, 1.82) is 0 Å². The van der Waals surface area contributed by atoms with Crippen molar-refractivity contribution in [3.8, 4) is 11.5 Å². The van der Waals surface area contributed by atoms with Crippen molar-refractivity contribution >= 4 is 27.3 Å². The molecule has 28 heavy (non-hydrogen) atoms. The number of fused-ring (bicyclic) bond motifs is 1. The summed E-state index contributed by atoms with van der Waals surface area (Å²) in [4.78, 5) is 12.8. The van der Waals surface area contributed by atoms with Crippen molar-refractivity contribution in [2.45, 2.75) is 26.8 Å². The van der Waals surface area contributed by atoms with Gasteiger partial charge in [-0.05, 0) is 56.2 Å². The van der Waals surface area contributed by atoms with Gasteiger partial charge in [0.2, 0.25) is 15.9 Å². The Morgan fingerprint density at radius 3 is 2.36 bits per heavy atom. The van der Waals surface area contributed by atoms with Gasteiger partial charge in [-0.2, -0.15) is 0 Å². The molecule has 1 aliphatic rings. The zero-order valence-corrected chi connectivity index (χ0v) is 17.2. The number of aryl methyl sites for hydroxylation is 2. The zero-order valence-electron chi connectivity index (χ0n) is 16.4. The van der Waals surface area contributed by atoms with E-state index in [-0.39, 0.29) is 0 Å². The molecule has 7 nitrogen and oxygen atoms in total. The van der Waals surface area contributed by atoms with Gasteiger partial charge in [-0.1, -0.05) is 6.07 Å². The molecule has 1 N–H and O–H groups in total. The summed E-state index contributed by atoms with van der Waals surface area (Å²) in [7, 11) is -3.67. The molecule has 0 saturated heterocycles. The monoisotopic (exact) mass is 404 g/mol. The predicted octanol–water partition coefficient (Wildman–Crippen LogP) is 2.87. The highest BCUT2D eigenvalue weighted by molar-refractivity contribution is 7.92. The second-order valence-electron chi connectivity index (χ2n) is 6.85. The van der Waals surface area contributed by atoms with Crippen molar-refractivity contribution in [1.82, 2.24) is 0 Å². The lowest BCUT2D eigenvalue weighted by molar-refractivity contribution is -0.116. The number of benzene rings is 2. The number of carbonyl (C=O) groups is 1. The van der Waals surface area contributed by atoms with E-state index in [1.165, 1.54) is 0 Å². The minimum Gasteiger partial charge on any atom is -0.486 e. The third-order valence-electron chi connectivity index (χ3n) is 4.64. The third-order valence-corrected chi connectivity index (χ3v) is 5.88. The van der Waals surface area contributed by atoms with Crippen LogP contribution in [0.15, 0.2) is 36.4 Å². The van der Waals surface area contributed by atoms with Gasteiger partial charge < -0.3 is 14.8 Å². The molecule has 0 spiro atoms. The number of ether oxygens (including phenoxy) is 2. The van der Waals surface area contributed by atoms with Crippen LogP contribution in [0.1, 0.15) is 18.1 Å². The Labute approximate surface area is 165 Å². The van der Waals surface area contributed by atoms with Crippen LogP contribution < -0.4 is 19.1 Å². The second-order valence-corrected chi connectivity index (χ2v) is 8.71. The van der Waals surface area contributed by atoms with Crippen LogP contribution >= 0.6 is 0 Å². The van der Waals surface area contributed by atoms with Crippen LogP contribution in [-0.2, 0) is 14.8 Å². The molecule has 0 saturated carbocycles. The van der Waals surface area contributed by atoms with Crippen LogP contribution in [0, 0.1) is 13.8 Å². The second kappa shape index (κ2) is 7.71. The fraction of sp³-hybridized carbons (Fsp3) is 0.350. The van der Waals surface area contributed by atoms with E-state index in [9.17, 15) is 13.2 Å². The number of carbonyl (C=O) groups excluding carboxylic acids is 1. The summed E-state index contributed by atoms with van der Waals surface area (Å²) < 4.78 is 37.0. The highest BCUT2D eigenvalue weighted by Gasteiger charge is 2.29. The van der Waals surface area contributed by atoms with Crippen molar-refractivity contribution in [2.75, 3.05) is 29.1 Å². The molecule has 2 aromatic rings. The Kier molecular flexibility index (Phi) is 5.51. The van der Waals surface area contributed by atoms with E-state index in [1.807, 2.05) is 19.9 Å². The first-order chi connectivity index (χ1) is 13.2. The molecule has 1 amide bonds. The molecule has 1 heterocycles. The SMILES string of the molecule is Cc1ccc(N([C@@H](C)C(=O)Nc2ccc3c(c2)OCCO3)S(C)(=O)=O)cc1C. The number of amides is 1. The molecular formula is C20H24N2O5S. The molecular weight excluding hydrogens is 380 g/mol. The van der Waals surface area contributed by atoms with Crippen LogP contribution in [0.5, 0.6) is 11.5 Å². The molecule has 2 aromatic carbocycles. The van der Waals surface area contributed by atoms with Gasteiger partial charge in [-0.25, -0.2) is 8.42 Å².